The predicted octanol–water partition coefficient (Wildman–Crippen LogP) is 4.83. The molecule has 2 aromatic carbocycles. The van der Waals surface area contributed by atoms with E-state index in [1.807, 2.05) is 45.0 Å². The molecule has 2 atom stereocenters. The van der Waals surface area contributed by atoms with E-state index in [0.717, 1.165) is 24.8 Å². The fourth-order valence-corrected chi connectivity index (χ4v) is 5.11. The smallest absolute Gasteiger partial charge is 0.407 e. The summed E-state index contributed by atoms with van der Waals surface area (Å²) >= 11 is 0. The van der Waals surface area contributed by atoms with E-state index in [2.05, 4.69) is 29.6 Å². The highest BCUT2D eigenvalue weighted by atomic mass is 32.2. The third-order valence-electron chi connectivity index (χ3n) is 5.96. The largest absolute Gasteiger partial charge is 0.444 e. The normalized spacial score (nSPS) is 18.6. The lowest BCUT2D eigenvalue weighted by atomic mass is 9.75. The van der Waals surface area contributed by atoms with Crippen molar-refractivity contribution in [2.45, 2.75) is 70.9 Å². The summed E-state index contributed by atoms with van der Waals surface area (Å²) in [6.07, 6.45) is 2.62. The van der Waals surface area contributed by atoms with E-state index in [1.165, 1.54) is 16.7 Å². The molecule has 2 aromatic rings. The van der Waals surface area contributed by atoms with Crippen molar-refractivity contribution in [1.82, 2.24) is 5.32 Å². The van der Waals surface area contributed by atoms with Crippen LogP contribution in [0.15, 0.2) is 48.5 Å². The molecule has 32 heavy (non-hydrogen) atoms. The van der Waals surface area contributed by atoms with Crippen LogP contribution in [0.1, 0.15) is 62.3 Å². The summed E-state index contributed by atoms with van der Waals surface area (Å²) in [6.45, 7) is 7.27. The molecular weight excluding hydrogens is 422 g/mol. The van der Waals surface area contributed by atoms with Crippen LogP contribution in [0.25, 0.3) is 0 Å². The van der Waals surface area contributed by atoms with Crippen molar-refractivity contribution in [1.29, 1.82) is 0 Å². The van der Waals surface area contributed by atoms with Gasteiger partial charge in [0.25, 0.3) is 0 Å². The minimum absolute atomic E-state index is 0.0489. The first-order valence-electron chi connectivity index (χ1n) is 11.4. The molecule has 174 valence electrons. The van der Waals surface area contributed by atoms with Crippen molar-refractivity contribution < 1.29 is 17.9 Å². The molecule has 5 nitrogen and oxygen atoms in total. The second-order valence-electron chi connectivity index (χ2n) is 9.61. The van der Waals surface area contributed by atoms with Gasteiger partial charge in [-0.1, -0.05) is 55.5 Å². The van der Waals surface area contributed by atoms with Gasteiger partial charge in [-0.25, -0.2) is 13.2 Å². The second kappa shape index (κ2) is 10.1. The van der Waals surface area contributed by atoms with Gasteiger partial charge < -0.3 is 10.1 Å². The van der Waals surface area contributed by atoms with Crippen LogP contribution in [-0.4, -0.2) is 37.7 Å². The minimum atomic E-state index is -3.02. The van der Waals surface area contributed by atoms with Crippen molar-refractivity contribution in [3.63, 3.8) is 0 Å². The number of ether oxygens (including phenoxy) is 1. The molecule has 0 heterocycles. The molecular formula is C26H35NO4S. The molecule has 6 heteroatoms. The van der Waals surface area contributed by atoms with Crippen molar-refractivity contribution in [2.75, 3.05) is 11.5 Å². The van der Waals surface area contributed by atoms with Gasteiger partial charge in [0.05, 0.1) is 5.75 Å². The first-order chi connectivity index (χ1) is 15.1. The van der Waals surface area contributed by atoms with Crippen LogP contribution >= 0.6 is 0 Å². The second-order valence-corrected chi connectivity index (χ2v) is 12.1. The fourth-order valence-electron chi connectivity index (χ4n) is 4.27. The highest BCUT2D eigenvalue weighted by molar-refractivity contribution is 7.91. The Morgan fingerprint density at radius 2 is 1.81 bits per heavy atom. The Bertz CT molecular complexity index is 1030. The number of hydrogen-bond acceptors (Lipinski definition) is 4. The quantitative estimate of drug-likeness (QED) is 0.646. The summed E-state index contributed by atoms with van der Waals surface area (Å²) in [5.74, 6) is 0.415. The summed E-state index contributed by atoms with van der Waals surface area (Å²) in [4.78, 5) is 12.5. The number of fused-ring (bicyclic) bond motifs is 1. The maximum Gasteiger partial charge on any atom is 0.407 e. The number of amides is 1. The molecule has 1 amide bonds. The van der Waals surface area contributed by atoms with Crippen LogP contribution in [0.3, 0.4) is 0 Å². The predicted molar refractivity (Wildman–Crippen MR) is 129 cm³/mol. The van der Waals surface area contributed by atoms with Crippen molar-refractivity contribution >= 4 is 15.9 Å². The number of aryl methyl sites for hydroxylation is 2. The van der Waals surface area contributed by atoms with E-state index in [4.69, 9.17) is 4.74 Å². The standard InChI is InChI=1S/C26H35NO4S/c1-5-32(29,30)16-15-20-11-12-21-13-14-24(27-25(28)31-26(2,3)4)23(22(21)17-20)18-19-9-7-6-8-10-19/h6-12,17,23-24H,5,13-16,18H2,1-4H3,(H,27,28). The first-order valence-corrected chi connectivity index (χ1v) is 13.2. The van der Waals surface area contributed by atoms with Gasteiger partial charge in [-0.05, 0) is 68.7 Å². The third-order valence-corrected chi connectivity index (χ3v) is 7.67. The lowest BCUT2D eigenvalue weighted by Crippen LogP contribution is -2.44. The highest BCUT2D eigenvalue weighted by Gasteiger charge is 2.32. The van der Waals surface area contributed by atoms with Crippen LogP contribution in [0.2, 0.25) is 0 Å². The van der Waals surface area contributed by atoms with Crippen molar-refractivity contribution in [3.8, 4) is 0 Å². The fraction of sp³-hybridized carbons (Fsp3) is 0.500. The Labute approximate surface area is 192 Å². The Morgan fingerprint density at radius 3 is 2.47 bits per heavy atom. The molecule has 0 fully saturated rings. The summed E-state index contributed by atoms with van der Waals surface area (Å²) in [6, 6.07) is 16.6. The molecule has 0 saturated carbocycles. The van der Waals surface area contributed by atoms with Crippen LogP contribution in [0, 0.1) is 0 Å². The minimum Gasteiger partial charge on any atom is -0.444 e. The van der Waals surface area contributed by atoms with Gasteiger partial charge in [-0.15, -0.1) is 0 Å². The van der Waals surface area contributed by atoms with E-state index < -0.39 is 21.5 Å². The SMILES string of the molecule is CCS(=O)(=O)CCc1ccc2c(c1)C(Cc1ccccc1)C(NC(=O)OC(C)(C)C)CC2. The maximum absolute atomic E-state index is 12.5. The zero-order chi connectivity index (χ0) is 23.4. The van der Waals surface area contributed by atoms with Crippen molar-refractivity contribution in [2.24, 2.45) is 0 Å². The molecule has 3 rings (SSSR count). The number of carbonyl (C=O) groups is 1. The number of rotatable bonds is 7. The average molecular weight is 458 g/mol. The van der Waals surface area contributed by atoms with E-state index in [0.29, 0.717) is 6.42 Å². The number of alkyl carbamates (subject to hydrolysis) is 1. The van der Waals surface area contributed by atoms with E-state index in [9.17, 15) is 13.2 Å². The molecule has 1 N–H and O–H groups in total. The molecule has 2 unspecified atom stereocenters. The number of nitrogens with one attached hydrogen (secondary N) is 1. The Kier molecular flexibility index (Phi) is 7.65. The number of carbonyl (C=O) groups excluding carboxylic acids is 1. The van der Waals surface area contributed by atoms with Gasteiger partial charge in [0, 0.05) is 17.7 Å². The van der Waals surface area contributed by atoms with Crippen LogP contribution in [-0.2, 0) is 33.8 Å². The zero-order valence-corrected chi connectivity index (χ0v) is 20.4. The first kappa shape index (κ1) is 24.3. The van der Waals surface area contributed by atoms with Crippen LogP contribution in [0.4, 0.5) is 4.79 Å². The van der Waals surface area contributed by atoms with Crippen molar-refractivity contribution in [3.05, 3.63) is 70.8 Å². The highest BCUT2D eigenvalue weighted by Crippen LogP contribution is 2.35. The summed E-state index contributed by atoms with van der Waals surface area (Å²) in [5, 5.41) is 3.11. The van der Waals surface area contributed by atoms with Gasteiger partial charge in [-0.3, -0.25) is 0 Å². The summed E-state index contributed by atoms with van der Waals surface area (Å²) in [7, 11) is -3.02. The van der Waals surface area contributed by atoms with Gasteiger partial charge >= 0.3 is 6.09 Å². The van der Waals surface area contributed by atoms with Gasteiger partial charge in [-0.2, -0.15) is 0 Å². The third kappa shape index (κ3) is 6.83. The van der Waals surface area contributed by atoms with Crippen LogP contribution in [0.5, 0.6) is 0 Å². The van der Waals surface area contributed by atoms with Gasteiger partial charge in [0.15, 0.2) is 0 Å². The molecule has 0 aromatic heterocycles. The van der Waals surface area contributed by atoms with Gasteiger partial charge in [0.1, 0.15) is 15.4 Å². The summed E-state index contributed by atoms with van der Waals surface area (Å²) < 4.78 is 29.5. The van der Waals surface area contributed by atoms with E-state index >= 15 is 0 Å². The van der Waals surface area contributed by atoms with E-state index in [1.54, 1.807) is 6.92 Å². The Hall–Kier alpha value is -2.34. The summed E-state index contributed by atoms with van der Waals surface area (Å²) in [5.41, 5.74) is 4.16. The molecule has 0 bridgehead atoms. The van der Waals surface area contributed by atoms with Gasteiger partial charge in [0.2, 0.25) is 0 Å². The molecule has 1 aliphatic carbocycles. The maximum atomic E-state index is 12.5. The molecule has 1 aliphatic rings. The van der Waals surface area contributed by atoms with E-state index in [-0.39, 0.29) is 23.5 Å². The lowest BCUT2D eigenvalue weighted by molar-refractivity contribution is 0.0491. The number of hydrogen-bond donors (Lipinski definition) is 1. The molecule has 0 aliphatic heterocycles. The number of benzene rings is 2. The Balaban J connectivity index is 1.88. The zero-order valence-electron chi connectivity index (χ0n) is 19.6. The molecule has 0 radical (unpaired) electrons. The lowest BCUT2D eigenvalue weighted by Gasteiger charge is -2.35. The monoisotopic (exact) mass is 457 g/mol. The number of sulfone groups is 1. The molecule has 0 spiro atoms. The average Bonchev–Trinajstić information content (AvgIpc) is 2.73. The van der Waals surface area contributed by atoms with Crippen LogP contribution < -0.4 is 5.32 Å². The Morgan fingerprint density at radius 1 is 1.09 bits per heavy atom. The molecule has 0 saturated heterocycles. The topological polar surface area (TPSA) is 72.5 Å².